The first-order chi connectivity index (χ1) is 13.8. The summed E-state index contributed by atoms with van der Waals surface area (Å²) in [4.78, 5) is 24.2. The molecule has 3 aromatic rings. The van der Waals surface area contributed by atoms with Crippen LogP contribution in [-0.2, 0) is 17.9 Å². The van der Waals surface area contributed by atoms with Crippen molar-refractivity contribution in [2.45, 2.75) is 33.9 Å². The third kappa shape index (κ3) is 4.81. The number of carboxylic acid groups (broad SMARTS) is 1. The highest BCUT2D eigenvalue weighted by Crippen LogP contribution is 2.32. The lowest BCUT2D eigenvalue weighted by molar-refractivity contribution is -0.131. The quantitative estimate of drug-likeness (QED) is 0.563. The van der Waals surface area contributed by atoms with Crippen molar-refractivity contribution in [2.24, 2.45) is 11.7 Å². The molecular weight excluding hydrogens is 400 g/mol. The fourth-order valence-corrected chi connectivity index (χ4v) is 3.60. The van der Waals surface area contributed by atoms with Crippen molar-refractivity contribution >= 4 is 35.2 Å². The van der Waals surface area contributed by atoms with E-state index in [1.165, 1.54) is 6.08 Å². The smallest absolute Gasteiger partial charge is 0.328 e. The number of halogens is 1. The number of aliphatic carboxylic acids is 1. The van der Waals surface area contributed by atoms with Gasteiger partial charge in [-0.25, -0.2) is 4.79 Å². The van der Waals surface area contributed by atoms with Crippen LogP contribution in [-0.4, -0.2) is 15.6 Å². The summed E-state index contributed by atoms with van der Waals surface area (Å²) >= 11 is 0. The standard InChI is InChI=1S/C24H26N2O3.ClH/c1-15(2)14-26-21(13-25)23(18-8-4-16(3)5-9-18)20-12-17(7-11-22(27)28)6-10-19(20)24(26)29;/h4-12,15H,13-14,25H2,1-3H3,(H,27,28);1H/b11-7+;. The number of nitrogens with zero attached hydrogens (tertiary/aromatic N) is 1. The Hall–Kier alpha value is -2.89. The summed E-state index contributed by atoms with van der Waals surface area (Å²) in [6, 6.07) is 13.5. The van der Waals surface area contributed by atoms with Gasteiger partial charge in [0.05, 0.1) is 0 Å². The summed E-state index contributed by atoms with van der Waals surface area (Å²) in [6.45, 7) is 6.99. The maximum absolute atomic E-state index is 13.3. The van der Waals surface area contributed by atoms with Crippen molar-refractivity contribution in [2.75, 3.05) is 0 Å². The molecule has 0 saturated carbocycles. The molecular formula is C24H27ClN2O3. The Morgan fingerprint density at radius 2 is 1.80 bits per heavy atom. The Morgan fingerprint density at radius 3 is 2.37 bits per heavy atom. The van der Waals surface area contributed by atoms with Crippen LogP contribution in [0.15, 0.2) is 53.3 Å². The van der Waals surface area contributed by atoms with Gasteiger partial charge in [0.15, 0.2) is 0 Å². The molecule has 5 nitrogen and oxygen atoms in total. The maximum atomic E-state index is 13.3. The monoisotopic (exact) mass is 426 g/mol. The van der Waals surface area contributed by atoms with Gasteiger partial charge in [-0.3, -0.25) is 4.79 Å². The molecule has 1 heterocycles. The molecule has 0 amide bonds. The SMILES string of the molecule is Cc1ccc(-c2c(CN)n(CC(C)C)c(=O)c3ccc(/C=C/C(=O)O)cc23)cc1.Cl. The summed E-state index contributed by atoms with van der Waals surface area (Å²) in [6.07, 6.45) is 2.62. The predicted octanol–water partition coefficient (Wildman–Crippen LogP) is 4.61. The second kappa shape index (κ2) is 9.74. The van der Waals surface area contributed by atoms with Gasteiger partial charge in [-0.1, -0.05) is 49.7 Å². The zero-order valence-electron chi connectivity index (χ0n) is 17.4. The van der Waals surface area contributed by atoms with Gasteiger partial charge >= 0.3 is 5.97 Å². The normalized spacial score (nSPS) is 11.2. The minimum atomic E-state index is -1.01. The molecule has 0 unspecified atom stereocenters. The van der Waals surface area contributed by atoms with Gasteiger partial charge in [0.25, 0.3) is 5.56 Å². The fourth-order valence-electron chi connectivity index (χ4n) is 3.60. The molecule has 30 heavy (non-hydrogen) atoms. The van der Waals surface area contributed by atoms with Crippen LogP contribution in [0.5, 0.6) is 0 Å². The summed E-state index contributed by atoms with van der Waals surface area (Å²) in [5, 5.41) is 10.3. The van der Waals surface area contributed by atoms with E-state index in [-0.39, 0.29) is 24.5 Å². The summed E-state index contributed by atoms with van der Waals surface area (Å²) < 4.78 is 1.79. The van der Waals surface area contributed by atoms with Gasteiger partial charge in [-0.05, 0) is 47.6 Å². The average molecular weight is 427 g/mol. The molecule has 0 aliphatic heterocycles. The van der Waals surface area contributed by atoms with E-state index in [1.807, 2.05) is 37.3 Å². The molecule has 2 aromatic carbocycles. The van der Waals surface area contributed by atoms with E-state index in [0.717, 1.165) is 39.4 Å². The molecule has 3 rings (SSSR count). The minimum Gasteiger partial charge on any atom is -0.478 e. The van der Waals surface area contributed by atoms with Gasteiger partial charge in [-0.2, -0.15) is 0 Å². The van der Waals surface area contributed by atoms with Crippen molar-refractivity contribution < 1.29 is 9.90 Å². The van der Waals surface area contributed by atoms with Crippen molar-refractivity contribution in [1.82, 2.24) is 4.57 Å². The zero-order valence-corrected chi connectivity index (χ0v) is 18.2. The first-order valence-corrected chi connectivity index (χ1v) is 9.69. The topological polar surface area (TPSA) is 85.3 Å². The van der Waals surface area contributed by atoms with Crippen LogP contribution in [0, 0.1) is 12.8 Å². The lowest BCUT2D eigenvalue weighted by atomic mass is 9.94. The first kappa shape index (κ1) is 23.4. The highest BCUT2D eigenvalue weighted by molar-refractivity contribution is 5.99. The number of rotatable bonds is 6. The van der Waals surface area contributed by atoms with Gasteiger partial charge in [0.2, 0.25) is 0 Å². The lowest BCUT2D eigenvalue weighted by Crippen LogP contribution is -2.28. The highest BCUT2D eigenvalue weighted by Gasteiger charge is 2.18. The van der Waals surface area contributed by atoms with Crippen LogP contribution in [0.3, 0.4) is 0 Å². The van der Waals surface area contributed by atoms with Crippen molar-refractivity contribution in [3.63, 3.8) is 0 Å². The number of aromatic nitrogens is 1. The molecule has 6 heteroatoms. The maximum Gasteiger partial charge on any atom is 0.328 e. The van der Waals surface area contributed by atoms with Crippen LogP contribution in [0.4, 0.5) is 0 Å². The first-order valence-electron chi connectivity index (χ1n) is 9.69. The number of fused-ring (bicyclic) bond motifs is 1. The lowest BCUT2D eigenvalue weighted by Gasteiger charge is -2.21. The number of nitrogens with two attached hydrogens (primary N) is 1. The average Bonchev–Trinajstić information content (AvgIpc) is 2.68. The Balaban J connectivity index is 0.00000320. The van der Waals surface area contributed by atoms with E-state index >= 15 is 0 Å². The molecule has 0 radical (unpaired) electrons. The van der Waals surface area contributed by atoms with Crippen molar-refractivity contribution in [3.8, 4) is 11.1 Å². The van der Waals surface area contributed by atoms with Crippen molar-refractivity contribution in [3.05, 3.63) is 75.7 Å². The summed E-state index contributed by atoms with van der Waals surface area (Å²) in [5.41, 5.74) is 10.6. The Kier molecular flexibility index (Phi) is 7.59. The van der Waals surface area contributed by atoms with E-state index in [0.29, 0.717) is 17.8 Å². The number of hydrogen-bond acceptors (Lipinski definition) is 3. The van der Waals surface area contributed by atoms with E-state index < -0.39 is 5.97 Å². The molecule has 0 aliphatic rings. The second-order valence-corrected chi connectivity index (χ2v) is 7.68. The molecule has 0 atom stereocenters. The van der Waals surface area contributed by atoms with E-state index in [9.17, 15) is 9.59 Å². The molecule has 3 N–H and O–H groups in total. The third-order valence-electron chi connectivity index (χ3n) is 4.90. The van der Waals surface area contributed by atoms with E-state index in [2.05, 4.69) is 13.8 Å². The van der Waals surface area contributed by atoms with Crippen molar-refractivity contribution in [1.29, 1.82) is 0 Å². The summed E-state index contributed by atoms with van der Waals surface area (Å²) in [5.74, 6) is -0.724. The molecule has 0 spiro atoms. The Labute approximate surface area is 182 Å². The second-order valence-electron chi connectivity index (χ2n) is 7.68. The molecule has 0 bridgehead atoms. The highest BCUT2D eigenvalue weighted by atomic mass is 35.5. The molecule has 0 aliphatic carbocycles. The van der Waals surface area contributed by atoms with Gasteiger partial charge in [-0.15, -0.1) is 12.4 Å². The largest absolute Gasteiger partial charge is 0.478 e. The number of carboxylic acids is 1. The number of benzene rings is 2. The summed E-state index contributed by atoms with van der Waals surface area (Å²) in [7, 11) is 0. The van der Waals surface area contributed by atoms with Crippen LogP contribution in [0.2, 0.25) is 0 Å². The van der Waals surface area contributed by atoms with Crippen LogP contribution in [0.1, 0.15) is 30.7 Å². The zero-order chi connectivity index (χ0) is 21.1. The predicted molar refractivity (Wildman–Crippen MR) is 125 cm³/mol. The number of carbonyl (C=O) groups is 1. The Bertz CT molecular complexity index is 1150. The van der Waals surface area contributed by atoms with E-state index in [1.54, 1.807) is 16.7 Å². The van der Waals surface area contributed by atoms with Crippen LogP contribution in [0.25, 0.3) is 28.0 Å². The van der Waals surface area contributed by atoms with E-state index in [4.69, 9.17) is 10.8 Å². The number of aryl methyl sites for hydroxylation is 1. The fraction of sp³-hybridized carbons (Fsp3) is 0.250. The minimum absolute atomic E-state index is 0. The van der Waals surface area contributed by atoms with Crippen LogP contribution < -0.4 is 11.3 Å². The molecule has 158 valence electrons. The molecule has 0 fully saturated rings. The van der Waals surface area contributed by atoms with Crippen LogP contribution >= 0.6 is 12.4 Å². The van der Waals surface area contributed by atoms with Gasteiger partial charge < -0.3 is 15.4 Å². The molecule has 0 saturated heterocycles. The molecule has 1 aromatic heterocycles. The van der Waals surface area contributed by atoms with Gasteiger partial charge in [0, 0.05) is 35.8 Å². The number of hydrogen-bond donors (Lipinski definition) is 2. The number of pyridine rings is 1. The van der Waals surface area contributed by atoms with Gasteiger partial charge in [0.1, 0.15) is 0 Å². The third-order valence-corrected chi connectivity index (χ3v) is 4.90. The Morgan fingerprint density at radius 1 is 1.13 bits per heavy atom.